The van der Waals surface area contributed by atoms with Gasteiger partial charge in [0.15, 0.2) is 0 Å². The van der Waals surface area contributed by atoms with Crippen LogP contribution in [-0.4, -0.2) is 38.0 Å². The van der Waals surface area contributed by atoms with Crippen LogP contribution in [0.25, 0.3) is 0 Å². The first-order valence-electron chi connectivity index (χ1n) is 5.44. The predicted octanol–water partition coefficient (Wildman–Crippen LogP) is 0.361. The van der Waals surface area contributed by atoms with Crippen LogP contribution >= 0.6 is 0 Å². The first-order valence-corrected chi connectivity index (χ1v) is 5.44. The van der Waals surface area contributed by atoms with Crippen LogP contribution in [-0.2, 0) is 13.5 Å². The Hall–Kier alpha value is -2.38. The summed E-state index contributed by atoms with van der Waals surface area (Å²) in [6, 6.07) is 1.91. The van der Waals surface area contributed by atoms with Gasteiger partial charge in [0.25, 0.3) is 5.91 Å². The van der Waals surface area contributed by atoms with Gasteiger partial charge >= 0.3 is 6.01 Å². The van der Waals surface area contributed by atoms with Gasteiger partial charge in [-0.25, -0.2) is 5.10 Å². The van der Waals surface area contributed by atoms with Crippen molar-refractivity contribution in [2.45, 2.75) is 13.3 Å². The average molecular weight is 250 g/mol. The van der Waals surface area contributed by atoms with E-state index in [2.05, 4.69) is 25.6 Å². The van der Waals surface area contributed by atoms with E-state index in [1.807, 2.05) is 6.92 Å². The molecule has 0 bridgehead atoms. The number of nitrogens with zero attached hydrogens (tertiary/aromatic N) is 4. The fourth-order valence-electron chi connectivity index (χ4n) is 1.48. The molecule has 0 atom stereocenters. The lowest BCUT2D eigenvalue weighted by Crippen LogP contribution is -2.16. The maximum Gasteiger partial charge on any atom is 0.336 e. The van der Waals surface area contributed by atoms with Gasteiger partial charge in [0.05, 0.1) is 12.8 Å². The Bertz CT molecular complexity index is 558. The molecule has 0 aliphatic rings. The maximum absolute atomic E-state index is 12.0. The minimum absolute atomic E-state index is 0.171. The maximum atomic E-state index is 12.0. The van der Waals surface area contributed by atoms with Crippen LogP contribution in [0.5, 0.6) is 6.01 Å². The molecule has 2 aromatic heterocycles. The molecule has 2 N–H and O–H groups in total. The fraction of sp³-hybridized carbons (Fsp3) is 0.400. The second-order valence-corrected chi connectivity index (χ2v) is 3.62. The van der Waals surface area contributed by atoms with E-state index >= 15 is 0 Å². The minimum atomic E-state index is -0.302. The molecule has 0 spiro atoms. The van der Waals surface area contributed by atoms with Gasteiger partial charge in [0, 0.05) is 7.05 Å². The van der Waals surface area contributed by atoms with Crippen molar-refractivity contribution in [2.24, 2.45) is 7.05 Å². The van der Waals surface area contributed by atoms with Crippen LogP contribution < -0.4 is 10.1 Å². The molecule has 2 rings (SSSR count). The van der Waals surface area contributed by atoms with Gasteiger partial charge in [-0.15, -0.1) is 5.10 Å². The topological polar surface area (TPSA) is 97.7 Å². The molecule has 0 saturated carbocycles. The Kier molecular flexibility index (Phi) is 3.26. The Morgan fingerprint density at radius 3 is 2.94 bits per heavy atom. The molecule has 0 radical (unpaired) electrons. The number of rotatable bonds is 4. The number of aromatic nitrogens is 5. The molecule has 0 aromatic carbocycles. The Labute approximate surface area is 103 Å². The SMILES string of the molecule is CCc1cc(C(=O)Nc2nc(OC)n[nH]2)n(C)n1. The lowest BCUT2D eigenvalue weighted by atomic mass is 10.3. The van der Waals surface area contributed by atoms with Gasteiger partial charge < -0.3 is 4.74 Å². The van der Waals surface area contributed by atoms with Gasteiger partial charge in [-0.05, 0) is 12.5 Å². The number of hydrogen-bond acceptors (Lipinski definition) is 5. The molecular weight excluding hydrogens is 236 g/mol. The smallest absolute Gasteiger partial charge is 0.336 e. The number of anilines is 1. The highest BCUT2D eigenvalue weighted by atomic mass is 16.5. The standard InChI is InChI=1S/C10H14N6O2/c1-4-6-5-7(16(2)15-6)8(17)11-9-12-10(18-3)14-13-9/h5H,4H2,1-3H3,(H2,11,12,13,14,17). The van der Waals surface area contributed by atoms with Crippen molar-refractivity contribution in [3.05, 3.63) is 17.5 Å². The van der Waals surface area contributed by atoms with Crippen molar-refractivity contribution in [1.29, 1.82) is 0 Å². The molecule has 8 nitrogen and oxygen atoms in total. The highest BCUT2D eigenvalue weighted by Gasteiger charge is 2.14. The van der Waals surface area contributed by atoms with E-state index in [9.17, 15) is 4.79 Å². The molecule has 8 heteroatoms. The molecule has 0 saturated heterocycles. The molecule has 0 aliphatic heterocycles. The molecule has 0 fully saturated rings. The van der Waals surface area contributed by atoms with Crippen LogP contribution in [0.4, 0.5) is 5.95 Å². The third-order valence-corrected chi connectivity index (χ3v) is 2.40. The van der Waals surface area contributed by atoms with E-state index in [4.69, 9.17) is 4.74 Å². The van der Waals surface area contributed by atoms with Gasteiger partial charge in [-0.2, -0.15) is 10.1 Å². The Morgan fingerprint density at radius 2 is 2.39 bits per heavy atom. The zero-order valence-electron chi connectivity index (χ0n) is 10.4. The monoisotopic (exact) mass is 250 g/mol. The molecular formula is C10H14N6O2. The number of aryl methyl sites for hydroxylation is 2. The second kappa shape index (κ2) is 4.86. The Morgan fingerprint density at radius 1 is 1.61 bits per heavy atom. The quantitative estimate of drug-likeness (QED) is 0.816. The minimum Gasteiger partial charge on any atom is -0.466 e. The van der Waals surface area contributed by atoms with E-state index in [1.165, 1.54) is 11.8 Å². The lowest BCUT2D eigenvalue weighted by Gasteiger charge is -2.00. The van der Waals surface area contributed by atoms with Crippen molar-refractivity contribution < 1.29 is 9.53 Å². The van der Waals surface area contributed by atoms with Gasteiger partial charge in [0.2, 0.25) is 5.95 Å². The number of hydrogen-bond donors (Lipinski definition) is 2. The molecule has 1 amide bonds. The van der Waals surface area contributed by atoms with Crippen LogP contribution in [0.2, 0.25) is 0 Å². The van der Waals surface area contributed by atoms with Crippen LogP contribution in [0.3, 0.4) is 0 Å². The number of carbonyl (C=O) groups excluding carboxylic acids is 1. The second-order valence-electron chi connectivity index (χ2n) is 3.62. The van der Waals surface area contributed by atoms with Gasteiger partial charge in [-0.1, -0.05) is 6.92 Å². The largest absolute Gasteiger partial charge is 0.466 e. The highest BCUT2D eigenvalue weighted by molar-refractivity contribution is 6.02. The van der Waals surface area contributed by atoms with Crippen molar-refractivity contribution in [1.82, 2.24) is 25.0 Å². The van der Waals surface area contributed by atoms with Crippen molar-refractivity contribution in [3.63, 3.8) is 0 Å². The van der Waals surface area contributed by atoms with Crippen molar-refractivity contribution >= 4 is 11.9 Å². The van der Waals surface area contributed by atoms with E-state index in [0.29, 0.717) is 5.69 Å². The predicted molar refractivity (Wildman–Crippen MR) is 63.5 cm³/mol. The summed E-state index contributed by atoms with van der Waals surface area (Å²) in [5.74, 6) is -0.0698. The normalized spacial score (nSPS) is 10.4. The Balaban J connectivity index is 2.13. The number of carbonyl (C=O) groups is 1. The summed E-state index contributed by atoms with van der Waals surface area (Å²) in [4.78, 5) is 15.9. The van der Waals surface area contributed by atoms with Gasteiger partial charge in [-0.3, -0.25) is 14.8 Å². The first kappa shape index (κ1) is 12.1. The zero-order valence-corrected chi connectivity index (χ0v) is 10.4. The number of nitrogens with one attached hydrogen (secondary N) is 2. The summed E-state index contributed by atoms with van der Waals surface area (Å²) in [6.45, 7) is 1.98. The zero-order chi connectivity index (χ0) is 13.1. The lowest BCUT2D eigenvalue weighted by molar-refractivity contribution is 0.101. The summed E-state index contributed by atoms with van der Waals surface area (Å²) in [5, 5.41) is 13.1. The third kappa shape index (κ3) is 2.31. The third-order valence-electron chi connectivity index (χ3n) is 2.40. The summed E-state index contributed by atoms with van der Waals surface area (Å²) in [6.07, 6.45) is 0.775. The number of amides is 1. The summed E-state index contributed by atoms with van der Waals surface area (Å²) in [5.41, 5.74) is 1.32. The fourth-order valence-corrected chi connectivity index (χ4v) is 1.48. The summed E-state index contributed by atoms with van der Waals surface area (Å²) in [7, 11) is 3.17. The number of methoxy groups -OCH3 is 1. The van der Waals surface area contributed by atoms with Crippen molar-refractivity contribution in [2.75, 3.05) is 12.4 Å². The molecule has 96 valence electrons. The van der Waals surface area contributed by atoms with Gasteiger partial charge in [0.1, 0.15) is 5.69 Å². The number of H-pyrrole nitrogens is 1. The molecule has 2 heterocycles. The van der Waals surface area contributed by atoms with Crippen LogP contribution in [0.15, 0.2) is 6.07 Å². The van der Waals surface area contributed by atoms with Crippen LogP contribution in [0, 0.1) is 0 Å². The number of ether oxygens (including phenoxy) is 1. The molecule has 2 aromatic rings. The highest BCUT2D eigenvalue weighted by Crippen LogP contribution is 2.08. The molecule has 0 unspecified atom stereocenters. The van der Waals surface area contributed by atoms with Crippen molar-refractivity contribution in [3.8, 4) is 6.01 Å². The van der Waals surface area contributed by atoms with E-state index in [-0.39, 0.29) is 17.9 Å². The van der Waals surface area contributed by atoms with E-state index < -0.39 is 0 Å². The first-order chi connectivity index (χ1) is 8.63. The average Bonchev–Trinajstić information content (AvgIpc) is 2.95. The van der Waals surface area contributed by atoms with Crippen LogP contribution in [0.1, 0.15) is 23.1 Å². The molecule has 18 heavy (non-hydrogen) atoms. The van der Waals surface area contributed by atoms with E-state index in [0.717, 1.165) is 12.1 Å². The van der Waals surface area contributed by atoms with E-state index in [1.54, 1.807) is 13.1 Å². The summed E-state index contributed by atoms with van der Waals surface area (Å²) < 4.78 is 6.33. The molecule has 0 aliphatic carbocycles. The summed E-state index contributed by atoms with van der Waals surface area (Å²) >= 11 is 0. The number of aromatic amines is 1.